The van der Waals surface area contributed by atoms with Crippen molar-refractivity contribution in [1.82, 2.24) is 24.5 Å². The minimum atomic E-state index is -0.289. The highest BCUT2D eigenvalue weighted by molar-refractivity contribution is 7.18. The molecule has 8 heteroatoms. The second-order valence-corrected chi connectivity index (χ2v) is 4.53. The average Bonchev–Trinajstić information content (AvgIpc) is 3.10. The first-order chi connectivity index (χ1) is 9.33. The van der Waals surface area contributed by atoms with E-state index in [1.165, 1.54) is 23.9 Å². The fourth-order valence-electron chi connectivity index (χ4n) is 1.42. The van der Waals surface area contributed by atoms with Crippen LogP contribution in [0.5, 0.6) is 0 Å². The standard InChI is InChI=1S/C11H8N6OS/c18-10(8-1-2-12-6-15-8)16-9-5-14-11(19-9)17-4-3-13-7-17/h1-7H,(H,16,18). The van der Waals surface area contributed by atoms with Crippen molar-refractivity contribution in [1.29, 1.82) is 0 Å². The summed E-state index contributed by atoms with van der Waals surface area (Å²) >= 11 is 1.35. The van der Waals surface area contributed by atoms with Gasteiger partial charge in [0.15, 0.2) is 5.13 Å². The maximum absolute atomic E-state index is 11.9. The summed E-state index contributed by atoms with van der Waals surface area (Å²) in [4.78, 5) is 27.6. The Morgan fingerprint density at radius 3 is 2.95 bits per heavy atom. The molecule has 3 aromatic heterocycles. The summed E-state index contributed by atoms with van der Waals surface area (Å²) in [5, 5.41) is 4.11. The lowest BCUT2D eigenvalue weighted by Gasteiger charge is -1.99. The van der Waals surface area contributed by atoms with Gasteiger partial charge >= 0.3 is 0 Å². The smallest absolute Gasteiger partial charge is 0.275 e. The topological polar surface area (TPSA) is 85.6 Å². The molecule has 1 N–H and O–H groups in total. The molecule has 0 saturated carbocycles. The molecular formula is C11H8N6OS. The number of rotatable bonds is 3. The maximum atomic E-state index is 11.9. The zero-order valence-electron chi connectivity index (χ0n) is 9.59. The fraction of sp³-hybridized carbons (Fsp3) is 0. The van der Waals surface area contributed by atoms with E-state index < -0.39 is 0 Å². The Labute approximate surface area is 112 Å². The normalized spacial score (nSPS) is 10.3. The van der Waals surface area contributed by atoms with Crippen LogP contribution in [0.1, 0.15) is 10.5 Å². The highest BCUT2D eigenvalue weighted by Crippen LogP contribution is 2.22. The van der Waals surface area contributed by atoms with Gasteiger partial charge in [-0.2, -0.15) is 0 Å². The second-order valence-electron chi connectivity index (χ2n) is 3.53. The number of aromatic nitrogens is 5. The van der Waals surface area contributed by atoms with Gasteiger partial charge in [0.1, 0.15) is 23.3 Å². The van der Waals surface area contributed by atoms with E-state index in [1.807, 2.05) is 0 Å². The zero-order valence-corrected chi connectivity index (χ0v) is 10.4. The van der Waals surface area contributed by atoms with E-state index in [1.54, 1.807) is 35.6 Å². The number of carbonyl (C=O) groups excluding carboxylic acids is 1. The number of hydrogen-bond acceptors (Lipinski definition) is 6. The molecule has 0 aliphatic heterocycles. The van der Waals surface area contributed by atoms with Crippen molar-refractivity contribution in [3.63, 3.8) is 0 Å². The zero-order chi connectivity index (χ0) is 13.1. The molecule has 0 spiro atoms. The molecule has 0 radical (unpaired) electrons. The monoisotopic (exact) mass is 272 g/mol. The van der Waals surface area contributed by atoms with Gasteiger partial charge in [0.05, 0.1) is 6.20 Å². The van der Waals surface area contributed by atoms with Gasteiger partial charge in [-0.25, -0.2) is 19.9 Å². The number of nitrogens with zero attached hydrogens (tertiary/aromatic N) is 5. The lowest BCUT2D eigenvalue weighted by molar-refractivity contribution is 0.102. The number of nitrogens with one attached hydrogen (secondary N) is 1. The number of carbonyl (C=O) groups is 1. The van der Waals surface area contributed by atoms with E-state index in [9.17, 15) is 4.79 Å². The van der Waals surface area contributed by atoms with Gasteiger partial charge < -0.3 is 5.32 Å². The molecule has 0 fully saturated rings. The van der Waals surface area contributed by atoms with E-state index >= 15 is 0 Å². The summed E-state index contributed by atoms with van der Waals surface area (Å²) < 4.78 is 1.77. The van der Waals surface area contributed by atoms with Gasteiger partial charge in [0.2, 0.25) is 0 Å². The molecule has 0 atom stereocenters. The van der Waals surface area contributed by atoms with Crippen LogP contribution in [-0.2, 0) is 0 Å². The predicted molar refractivity (Wildman–Crippen MR) is 69.2 cm³/mol. The largest absolute Gasteiger partial charge is 0.311 e. The number of anilines is 1. The van der Waals surface area contributed by atoms with Crippen LogP contribution in [0.4, 0.5) is 5.00 Å². The van der Waals surface area contributed by atoms with Crippen LogP contribution < -0.4 is 5.32 Å². The van der Waals surface area contributed by atoms with Crippen LogP contribution in [-0.4, -0.2) is 30.4 Å². The lowest BCUT2D eigenvalue weighted by Crippen LogP contribution is -2.12. The summed E-state index contributed by atoms with van der Waals surface area (Å²) in [6, 6.07) is 1.55. The van der Waals surface area contributed by atoms with Crippen molar-refractivity contribution < 1.29 is 4.79 Å². The molecule has 3 rings (SSSR count). The summed E-state index contributed by atoms with van der Waals surface area (Å²) in [7, 11) is 0. The van der Waals surface area contributed by atoms with Gasteiger partial charge in [-0.05, 0) is 6.07 Å². The molecule has 94 valence electrons. The molecule has 0 saturated heterocycles. The first-order valence-electron chi connectivity index (χ1n) is 5.34. The van der Waals surface area contributed by atoms with Crippen molar-refractivity contribution in [2.75, 3.05) is 5.32 Å². The summed E-state index contributed by atoms with van der Waals surface area (Å²) in [5.41, 5.74) is 0.313. The van der Waals surface area contributed by atoms with Crippen molar-refractivity contribution in [2.24, 2.45) is 0 Å². The Bertz CT molecular complexity index is 678. The number of hydrogen-bond donors (Lipinski definition) is 1. The molecule has 0 aliphatic rings. The first-order valence-corrected chi connectivity index (χ1v) is 6.16. The second kappa shape index (κ2) is 4.94. The third-order valence-corrected chi connectivity index (χ3v) is 3.20. The SMILES string of the molecule is O=C(Nc1cnc(-n2ccnc2)s1)c1ccncn1. The molecular weight excluding hydrogens is 264 g/mol. The molecule has 0 bridgehead atoms. The molecule has 1 amide bonds. The molecule has 3 heterocycles. The van der Waals surface area contributed by atoms with Crippen LogP contribution in [0.2, 0.25) is 0 Å². The van der Waals surface area contributed by atoms with E-state index in [-0.39, 0.29) is 5.91 Å². The predicted octanol–water partition coefficient (Wildman–Crippen LogP) is 1.37. The Balaban J connectivity index is 1.76. The van der Waals surface area contributed by atoms with E-state index in [2.05, 4.69) is 25.3 Å². The maximum Gasteiger partial charge on any atom is 0.275 e. The van der Waals surface area contributed by atoms with Crippen molar-refractivity contribution in [3.8, 4) is 5.13 Å². The van der Waals surface area contributed by atoms with Crippen LogP contribution in [0.15, 0.2) is 43.5 Å². The van der Waals surface area contributed by atoms with Crippen LogP contribution >= 0.6 is 11.3 Å². The van der Waals surface area contributed by atoms with Crippen molar-refractivity contribution in [2.45, 2.75) is 0 Å². The summed E-state index contributed by atoms with van der Waals surface area (Å²) in [6.45, 7) is 0. The third kappa shape index (κ3) is 2.47. The quantitative estimate of drug-likeness (QED) is 0.778. The van der Waals surface area contributed by atoms with Gasteiger partial charge in [0, 0.05) is 18.6 Å². The van der Waals surface area contributed by atoms with Gasteiger partial charge in [-0.3, -0.25) is 9.36 Å². The molecule has 3 aromatic rings. The van der Waals surface area contributed by atoms with Crippen LogP contribution in [0.25, 0.3) is 5.13 Å². The Morgan fingerprint density at radius 1 is 1.26 bits per heavy atom. The molecule has 19 heavy (non-hydrogen) atoms. The number of amides is 1. The summed E-state index contributed by atoms with van der Waals surface area (Å²) in [6.07, 6.45) is 9.55. The highest BCUT2D eigenvalue weighted by Gasteiger charge is 2.10. The van der Waals surface area contributed by atoms with Crippen molar-refractivity contribution in [3.05, 3.63) is 49.2 Å². The molecule has 0 aromatic carbocycles. The van der Waals surface area contributed by atoms with Crippen molar-refractivity contribution >= 4 is 22.2 Å². The number of thiazole rings is 1. The Kier molecular flexibility index (Phi) is 2.99. The number of imidazole rings is 1. The summed E-state index contributed by atoms with van der Waals surface area (Å²) in [5.74, 6) is -0.289. The van der Waals surface area contributed by atoms with E-state index in [0.717, 1.165) is 5.13 Å². The van der Waals surface area contributed by atoms with Gasteiger partial charge in [-0.15, -0.1) is 0 Å². The molecule has 0 unspecified atom stereocenters. The van der Waals surface area contributed by atoms with E-state index in [0.29, 0.717) is 10.7 Å². The lowest BCUT2D eigenvalue weighted by atomic mass is 10.4. The van der Waals surface area contributed by atoms with E-state index in [4.69, 9.17) is 0 Å². The first kappa shape index (κ1) is 11.5. The van der Waals surface area contributed by atoms with Gasteiger partial charge in [-0.1, -0.05) is 11.3 Å². The molecule has 7 nitrogen and oxygen atoms in total. The molecule has 0 aliphatic carbocycles. The Hall–Kier alpha value is -2.61. The minimum Gasteiger partial charge on any atom is -0.311 e. The Morgan fingerprint density at radius 2 is 2.21 bits per heavy atom. The third-order valence-electron chi connectivity index (χ3n) is 2.27. The van der Waals surface area contributed by atoms with Crippen LogP contribution in [0.3, 0.4) is 0 Å². The average molecular weight is 272 g/mol. The van der Waals surface area contributed by atoms with Gasteiger partial charge in [0.25, 0.3) is 5.91 Å². The van der Waals surface area contributed by atoms with Crippen LogP contribution in [0, 0.1) is 0 Å². The highest BCUT2D eigenvalue weighted by atomic mass is 32.1. The fourth-order valence-corrected chi connectivity index (χ4v) is 2.18. The minimum absolute atomic E-state index is 0.289.